The maximum absolute atomic E-state index is 12.6. The van der Waals surface area contributed by atoms with Crippen molar-refractivity contribution in [2.45, 2.75) is 32.5 Å². The third kappa shape index (κ3) is 5.30. The minimum absolute atomic E-state index is 0.0896. The Hall–Kier alpha value is -1.43. The molecule has 0 saturated carbocycles. The Kier molecular flexibility index (Phi) is 6.57. The van der Waals surface area contributed by atoms with Gasteiger partial charge < -0.3 is 20.1 Å². The number of rotatable bonds is 7. The van der Waals surface area contributed by atoms with Crippen molar-refractivity contribution < 1.29 is 14.6 Å². The number of aliphatic hydroxyl groups is 1. The maximum Gasteiger partial charge on any atom is 0.229 e. The average molecular weight is 320 g/mol. The molecule has 1 aliphatic rings. The van der Waals surface area contributed by atoms with Crippen LogP contribution in [0.15, 0.2) is 30.3 Å². The second-order valence-electron chi connectivity index (χ2n) is 6.68. The maximum atomic E-state index is 12.6. The number of nitrogens with zero attached hydrogens (tertiary/aromatic N) is 1. The zero-order valence-corrected chi connectivity index (χ0v) is 14.1. The summed E-state index contributed by atoms with van der Waals surface area (Å²) < 4.78 is 5.53. The third-order valence-electron chi connectivity index (χ3n) is 4.37. The first-order valence-electron chi connectivity index (χ1n) is 8.27. The molecule has 1 heterocycles. The lowest BCUT2D eigenvalue weighted by atomic mass is 9.81. The molecule has 2 rings (SSSR count). The van der Waals surface area contributed by atoms with E-state index in [1.807, 2.05) is 37.3 Å². The Balaban J connectivity index is 1.73. The van der Waals surface area contributed by atoms with Gasteiger partial charge in [0.25, 0.3) is 0 Å². The molecule has 1 amide bonds. The summed E-state index contributed by atoms with van der Waals surface area (Å²) in [7, 11) is 1.75. The van der Waals surface area contributed by atoms with Crippen LogP contribution >= 0.6 is 0 Å². The summed E-state index contributed by atoms with van der Waals surface area (Å²) >= 11 is 0. The average Bonchev–Trinajstić information content (AvgIpc) is 2.55. The van der Waals surface area contributed by atoms with Gasteiger partial charge in [-0.1, -0.05) is 30.3 Å². The van der Waals surface area contributed by atoms with Crippen molar-refractivity contribution in [1.82, 2.24) is 10.2 Å². The zero-order valence-electron chi connectivity index (χ0n) is 14.1. The normalized spacial score (nSPS) is 22.6. The Morgan fingerprint density at radius 1 is 1.43 bits per heavy atom. The predicted octanol–water partition coefficient (Wildman–Crippen LogP) is 1.41. The Morgan fingerprint density at radius 2 is 2.17 bits per heavy atom. The molecule has 0 bridgehead atoms. The molecule has 1 saturated heterocycles. The summed E-state index contributed by atoms with van der Waals surface area (Å²) in [6, 6.07) is 9.85. The molecule has 128 valence electrons. The van der Waals surface area contributed by atoms with E-state index in [2.05, 4.69) is 5.32 Å². The molecule has 1 fully saturated rings. The highest BCUT2D eigenvalue weighted by Crippen LogP contribution is 2.27. The lowest BCUT2D eigenvalue weighted by Crippen LogP contribution is -2.50. The second-order valence-corrected chi connectivity index (χ2v) is 6.68. The van der Waals surface area contributed by atoms with Gasteiger partial charge in [-0.3, -0.25) is 4.79 Å². The molecule has 2 unspecified atom stereocenters. The van der Waals surface area contributed by atoms with Crippen molar-refractivity contribution in [3.8, 4) is 0 Å². The number of nitrogens with one attached hydrogen (secondary N) is 1. The van der Waals surface area contributed by atoms with Crippen LogP contribution in [-0.2, 0) is 16.1 Å². The summed E-state index contributed by atoms with van der Waals surface area (Å²) in [4.78, 5) is 14.2. The number of likely N-dealkylation sites (N-methyl/N-ethyl adjacent to an activating group) is 1. The molecule has 5 nitrogen and oxygen atoms in total. The summed E-state index contributed by atoms with van der Waals surface area (Å²) in [5.41, 5.74) is 0.711. The summed E-state index contributed by atoms with van der Waals surface area (Å²) in [6.45, 7) is 4.66. The molecule has 1 aromatic carbocycles. The molecule has 2 N–H and O–H groups in total. The lowest BCUT2D eigenvalue weighted by Gasteiger charge is -2.36. The molecule has 0 spiro atoms. The number of carbonyl (C=O) groups is 1. The second kappa shape index (κ2) is 8.43. The smallest absolute Gasteiger partial charge is 0.229 e. The highest BCUT2D eigenvalue weighted by Gasteiger charge is 2.36. The monoisotopic (exact) mass is 320 g/mol. The van der Waals surface area contributed by atoms with Gasteiger partial charge >= 0.3 is 0 Å². The molecule has 0 aliphatic carbocycles. The van der Waals surface area contributed by atoms with Crippen LogP contribution in [0.1, 0.15) is 25.3 Å². The van der Waals surface area contributed by atoms with E-state index in [4.69, 9.17) is 4.74 Å². The number of hydrogen-bond acceptors (Lipinski definition) is 4. The Bertz CT molecular complexity index is 486. The number of amides is 1. The first-order chi connectivity index (χ1) is 11.0. The van der Waals surface area contributed by atoms with Gasteiger partial charge in [0, 0.05) is 20.1 Å². The predicted molar refractivity (Wildman–Crippen MR) is 90.0 cm³/mol. The van der Waals surface area contributed by atoms with Gasteiger partial charge in [0.2, 0.25) is 5.91 Å². The molecular formula is C18H28N2O3. The van der Waals surface area contributed by atoms with Gasteiger partial charge in [-0.2, -0.15) is 0 Å². The quantitative estimate of drug-likeness (QED) is 0.797. The van der Waals surface area contributed by atoms with Gasteiger partial charge in [0.1, 0.15) is 0 Å². The van der Waals surface area contributed by atoms with Crippen LogP contribution in [0.3, 0.4) is 0 Å². The summed E-state index contributed by atoms with van der Waals surface area (Å²) in [5, 5.41) is 13.4. The first kappa shape index (κ1) is 17.9. The first-order valence-corrected chi connectivity index (χ1v) is 8.27. The molecule has 0 radical (unpaired) electrons. The number of hydrogen-bond donors (Lipinski definition) is 2. The Morgan fingerprint density at radius 3 is 2.83 bits per heavy atom. The van der Waals surface area contributed by atoms with Crippen LogP contribution in [0.2, 0.25) is 0 Å². The van der Waals surface area contributed by atoms with Gasteiger partial charge in [0.15, 0.2) is 0 Å². The van der Waals surface area contributed by atoms with Gasteiger partial charge in [-0.15, -0.1) is 0 Å². The highest BCUT2D eigenvalue weighted by molar-refractivity contribution is 5.82. The largest absolute Gasteiger partial charge is 0.389 e. The minimum Gasteiger partial charge on any atom is -0.389 e. The van der Waals surface area contributed by atoms with E-state index in [-0.39, 0.29) is 17.9 Å². The lowest BCUT2D eigenvalue weighted by molar-refractivity contribution is -0.142. The molecule has 2 atom stereocenters. The van der Waals surface area contributed by atoms with Crippen molar-refractivity contribution in [3.05, 3.63) is 35.9 Å². The van der Waals surface area contributed by atoms with Crippen LogP contribution in [0, 0.1) is 5.41 Å². The van der Waals surface area contributed by atoms with E-state index in [0.29, 0.717) is 19.7 Å². The van der Waals surface area contributed by atoms with E-state index in [0.717, 1.165) is 24.9 Å². The molecule has 5 heteroatoms. The molecule has 1 aromatic rings. The van der Waals surface area contributed by atoms with Gasteiger partial charge in [0.05, 0.1) is 24.7 Å². The van der Waals surface area contributed by atoms with E-state index in [1.165, 1.54) is 0 Å². The fourth-order valence-electron chi connectivity index (χ4n) is 3.04. The van der Waals surface area contributed by atoms with E-state index >= 15 is 0 Å². The van der Waals surface area contributed by atoms with Gasteiger partial charge in [-0.05, 0) is 31.9 Å². The summed E-state index contributed by atoms with van der Waals surface area (Å²) in [5.74, 6) is 0.0896. The van der Waals surface area contributed by atoms with Gasteiger partial charge in [-0.25, -0.2) is 0 Å². The van der Waals surface area contributed by atoms with Crippen molar-refractivity contribution in [2.24, 2.45) is 5.41 Å². The van der Waals surface area contributed by atoms with E-state index in [9.17, 15) is 9.90 Å². The SMILES string of the molecule is CN(CC(O)COCc1ccccc1)C(=O)C1(C)CCCNC1. The van der Waals surface area contributed by atoms with Crippen LogP contribution in [-0.4, -0.2) is 55.3 Å². The van der Waals surface area contributed by atoms with Crippen molar-refractivity contribution in [1.29, 1.82) is 0 Å². The number of piperidine rings is 1. The number of ether oxygens (including phenoxy) is 1. The topological polar surface area (TPSA) is 61.8 Å². The number of aliphatic hydroxyl groups excluding tert-OH is 1. The number of carbonyl (C=O) groups excluding carboxylic acids is 1. The minimum atomic E-state index is -0.673. The van der Waals surface area contributed by atoms with Crippen LogP contribution in [0.5, 0.6) is 0 Å². The van der Waals surface area contributed by atoms with Crippen LogP contribution < -0.4 is 5.32 Å². The molecule has 0 aromatic heterocycles. The Labute approximate surface area is 138 Å². The van der Waals surface area contributed by atoms with Crippen LogP contribution in [0.25, 0.3) is 0 Å². The molecule has 1 aliphatic heterocycles. The van der Waals surface area contributed by atoms with Crippen molar-refractivity contribution in [3.63, 3.8) is 0 Å². The van der Waals surface area contributed by atoms with E-state index < -0.39 is 6.10 Å². The van der Waals surface area contributed by atoms with E-state index in [1.54, 1.807) is 11.9 Å². The van der Waals surface area contributed by atoms with Crippen molar-refractivity contribution in [2.75, 3.05) is 33.3 Å². The molecule has 23 heavy (non-hydrogen) atoms. The highest BCUT2D eigenvalue weighted by atomic mass is 16.5. The van der Waals surface area contributed by atoms with Crippen LogP contribution in [0.4, 0.5) is 0 Å². The third-order valence-corrected chi connectivity index (χ3v) is 4.37. The fraction of sp³-hybridized carbons (Fsp3) is 0.611. The zero-order chi connectivity index (χ0) is 16.7. The standard InChI is InChI=1S/C18H28N2O3/c1-18(9-6-10-19-14-18)17(22)20(2)11-16(21)13-23-12-15-7-4-3-5-8-15/h3-5,7-8,16,19,21H,6,9-14H2,1-2H3. The molecular weight excluding hydrogens is 292 g/mol. The summed E-state index contributed by atoms with van der Waals surface area (Å²) in [6.07, 6.45) is 1.23. The van der Waals surface area contributed by atoms with Crippen molar-refractivity contribution >= 4 is 5.91 Å². The fourth-order valence-corrected chi connectivity index (χ4v) is 3.04. The number of benzene rings is 1.